The summed E-state index contributed by atoms with van der Waals surface area (Å²) in [6, 6.07) is 8.05. The number of hydrogen-bond acceptors (Lipinski definition) is 3. The van der Waals surface area contributed by atoms with Gasteiger partial charge in [-0.25, -0.2) is 0 Å². The van der Waals surface area contributed by atoms with Crippen molar-refractivity contribution in [1.29, 1.82) is 0 Å². The van der Waals surface area contributed by atoms with Crippen LogP contribution in [0.15, 0.2) is 35.4 Å². The van der Waals surface area contributed by atoms with Crippen LogP contribution in [-0.2, 0) is 0 Å². The summed E-state index contributed by atoms with van der Waals surface area (Å²) in [6.07, 6.45) is 5.68. The predicted molar refractivity (Wildman–Crippen MR) is 69.6 cm³/mol. The molecule has 1 heterocycles. The van der Waals surface area contributed by atoms with E-state index >= 15 is 0 Å². The van der Waals surface area contributed by atoms with Crippen molar-refractivity contribution in [3.8, 4) is 0 Å². The molecule has 0 fully saturated rings. The van der Waals surface area contributed by atoms with Crippen LogP contribution < -0.4 is 5.43 Å². The number of hydrogen-bond donors (Lipinski definition) is 2. The van der Waals surface area contributed by atoms with Crippen molar-refractivity contribution < 1.29 is 5.11 Å². The molecule has 0 amide bonds. The average Bonchev–Trinajstić information content (AvgIpc) is 2.39. The first-order valence-electron chi connectivity index (χ1n) is 5.24. The number of hydrazone groups is 1. The van der Waals surface area contributed by atoms with Crippen molar-refractivity contribution in [2.24, 2.45) is 5.10 Å². The van der Waals surface area contributed by atoms with E-state index in [4.69, 9.17) is 5.11 Å². The Bertz CT molecular complexity index is 383. The van der Waals surface area contributed by atoms with Gasteiger partial charge in [0.2, 0.25) is 0 Å². The lowest BCUT2D eigenvalue weighted by Gasteiger charge is -2.04. The van der Waals surface area contributed by atoms with Gasteiger partial charge in [0.25, 0.3) is 0 Å². The van der Waals surface area contributed by atoms with Crippen molar-refractivity contribution in [2.75, 3.05) is 5.43 Å². The topological polar surface area (TPSA) is 44.6 Å². The summed E-state index contributed by atoms with van der Waals surface area (Å²) in [6.45, 7) is 5.23. The van der Waals surface area contributed by atoms with E-state index in [9.17, 15) is 0 Å². The number of nitrogens with one attached hydrogen (secondary N) is 1. The molecule has 0 aliphatic carbocycles. The largest absolute Gasteiger partial charge is 0.391 e. The third-order valence-corrected chi connectivity index (χ3v) is 1.58. The second kappa shape index (κ2) is 5.47. The Labute approximate surface area is 96.5 Å². The van der Waals surface area contributed by atoms with Gasteiger partial charge in [-0.05, 0) is 38.5 Å². The molecular formula is C13H18N2O. The van der Waals surface area contributed by atoms with Gasteiger partial charge in [-0.2, -0.15) is 5.10 Å². The SMILES string of the molecule is C1=Cc2ccccc2NN=C1.CC(C)(C)O. The highest BCUT2D eigenvalue weighted by atomic mass is 16.3. The van der Waals surface area contributed by atoms with Gasteiger partial charge >= 0.3 is 0 Å². The first-order valence-corrected chi connectivity index (χ1v) is 5.24. The van der Waals surface area contributed by atoms with Crippen molar-refractivity contribution >= 4 is 18.0 Å². The third kappa shape index (κ3) is 5.32. The lowest BCUT2D eigenvalue weighted by molar-refractivity contribution is 0.102. The molecule has 16 heavy (non-hydrogen) atoms. The minimum absolute atomic E-state index is 0.500. The molecule has 0 bridgehead atoms. The average molecular weight is 218 g/mol. The fourth-order valence-corrected chi connectivity index (χ4v) is 1.04. The molecule has 0 radical (unpaired) electrons. The lowest BCUT2D eigenvalue weighted by Crippen LogP contribution is -2.10. The zero-order chi connectivity index (χ0) is 12.0. The van der Waals surface area contributed by atoms with Crippen LogP contribution in [0, 0.1) is 0 Å². The van der Waals surface area contributed by atoms with Gasteiger partial charge in [0, 0.05) is 6.21 Å². The van der Waals surface area contributed by atoms with Crippen molar-refractivity contribution in [1.82, 2.24) is 0 Å². The fraction of sp³-hybridized carbons (Fsp3) is 0.308. The first-order chi connectivity index (χ1) is 7.47. The molecule has 0 saturated heterocycles. The Morgan fingerprint density at radius 3 is 2.50 bits per heavy atom. The summed E-state index contributed by atoms with van der Waals surface area (Å²) < 4.78 is 0. The van der Waals surface area contributed by atoms with E-state index in [0.29, 0.717) is 0 Å². The predicted octanol–water partition coefficient (Wildman–Crippen LogP) is 2.89. The van der Waals surface area contributed by atoms with Crippen LogP contribution in [0.4, 0.5) is 5.69 Å². The van der Waals surface area contributed by atoms with E-state index in [2.05, 4.69) is 10.5 Å². The molecule has 1 aromatic rings. The summed E-state index contributed by atoms with van der Waals surface area (Å²) in [7, 11) is 0. The zero-order valence-electron chi connectivity index (χ0n) is 9.94. The highest BCUT2D eigenvalue weighted by Gasteiger charge is 1.98. The van der Waals surface area contributed by atoms with E-state index in [-0.39, 0.29) is 0 Å². The van der Waals surface area contributed by atoms with Crippen LogP contribution in [0.3, 0.4) is 0 Å². The maximum absolute atomic E-state index is 8.52. The first kappa shape index (κ1) is 12.5. The molecule has 1 aliphatic heterocycles. The van der Waals surface area contributed by atoms with Crippen molar-refractivity contribution in [3.05, 3.63) is 35.9 Å². The zero-order valence-corrected chi connectivity index (χ0v) is 9.94. The van der Waals surface area contributed by atoms with E-state index in [1.807, 2.05) is 36.4 Å². The van der Waals surface area contributed by atoms with Gasteiger partial charge < -0.3 is 5.11 Å². The van der Waals surface area contributed by atoms with Gasteiger partial charge in [-0.3, -0.25) is 5.43 Å². The smallest absolute Gasteiger partial charge is 0.0634 e. The van der Waals surface area contributed by atoms with Crippen LogP contribution in [-0.4, -0.2) is 16.9 Å². The van der Waals surface area contributed by atoms with E-state index in [0.717, 1.165) is 5.69 Å². The summed E-state index contributed by atoms with van der Waals surface area (Å²) >= 11 is 0. The molecule has 1 aromatic carbocycles. The van der Waals surface area contributed by atoms with E-state index < -0.39 is 5.60 Å². The Morgan fingerprint density at radius 1 is 1.19 bits per heavy atom. The van der Waals surface area contributed by atoms with Gasteiger partial charge in [0.05, 0.1) is 11.3 Å². The molecule has 3 nitrogen and oxygen atoms in total. The number of anilines is 1. The molecule has 0 atom stereocenters. The minimum atomic E-state index is -0.500. The molecule has 3 heteroatoms. The van der Waals surface area contributed by atoms with Crippen molar-refractivity contribution in [2.45, 2.75) is 26.4 Å². The summed E-state index contributed by atoms with van der Waals surface area (Å²) in [5.74, 6) is 0. The summed E-state index contributed by atoms with van der Waals surface area (Å²) in [4.78, 5) is 0. The minimum Gasteiger partial charge on any atom is -0.391 e. The number of fused-ring (bicyclic) bond motifs is 1. The molecule has 2 rings (SSSR count). The lowest BCUT2D eigenvalue weighted by atomic mass is 10.2. The van der Waals surface area contributed by atoms with Gasteiger partial charge in [0.15, 0.2) is 0 Å². The van der Waals surface area contributed by atoms with Crippen LogP contribution in [0.25, 0.3) is 6.08 Å². The number of nitrogens with zero attached hydrogens (tertiary/aromatic N) is 1. The molecule has 1 aliphatic rings. The normalized spacial score (nSPS) is 13.0. The van der Waals surface area contributed by atoms with Crippen molar-refractivity contribution in [3.63, 3.8) is 0 Å². The Hall–Kier alpha value is -1.61. The Morgan fingerprint density at radius 2 is 1.81 bits per heavy atom. The summed E-state index contributed by atoms with van der Waals surface area (Å²) in [5.41, 5.74) is 4.66. The molecular weight excluding hydrogens is 200 g/mol. The Kier molecular flexibility index (Phi) is 4.26. The number of rotatable bonds is 0. The van der Waals surface area contributed by atoms with Crippen LogP contribution in [0.5, 0.6) is 0 Å². The number of para-hydroxylation sites is 1. The standard InChI is InChI=1S/C9H8N2.C4H10O/c1-2-6-9-8(4-1)5-3-7-10-11-9;1-4(2,3)5/h1-7,11H;5H,1-3H3. The molecule has 86 valence electrons. The molecule has 0 spiro atoms. The van der Waals surface area contributed by atoms with Crippen LogP contribution >= 0.6 is 0 Å². The highest BCUT2D eigenvalue weighted by Crippen LogP contribution is 2.17. The maximum atomic E-state index is 8.52. The molecule has 0 aromatic heterocycles. The summed E-state index contributed by atoms with van der Waals surface area (Å²) in [5, 5.41) is 12.5. The van der Waals surface area contributed by atoms with Gasteiger partial charge in [-0.15, -0.1) is 0 Å². The van der Waals surface area contributed by atoms with E-state index in [1.165, 1.54) is 5.56 Å². The fourth-order valence-electron chi connectivity index (χ4n) is 1.04. The molecule has 2 N–H and O–H groups in total. The second-order valence-corrected chi connectivity index (χ2v) is 4.51. The maximum Gasteiger partial charge on any atom is 0.0634 e. The van der Waals surface area contributed by atoms with Crippen LogP contribution in [0.2, 0.25) is 0 Å². The third-order valence-electron chi connectivity index (χ3n) is 1.58. The quantitative estimate of drug-likeness (QED) is 0.703. The van der Waals surface area contributed by atoms with Crippen LogP contribution in [0.1, 0.15) is 26.3 Å². The molecule has 0 saturated carbocycles. The highest BCUT2D eigenvalue weighted by molar-refractivity contribution is 5.83. The van der Waals surface area contributed by atoms with Gasteiger partial charge in [0.1, 0.15) is 0 Å². The number of benzene rings is 1. The second-order valence-electron chi connectivity index (χ2n) is 4.51. The van der Waals surface area contributed by atoms with E-state index in [1.54, 1.807) is 27.0 Å². The number of aliphatic hydroxyl groups is 1. The monoisotopic (exact) mass is 218 g/mol. The van der Waals surface area contributed by atoms with Gasteiger partial charge in [-0.1, -0.05) is 24.3 Å². The number of allylic oxidation sites excluding steroid dienone is 1. The Balaban J connectivity index is 0.000000221. The molecule has 0 unspecified atom stereocenters.